The highest BCUT2D eigenvalue weighted by Crippen LogP contribution is 2.58. The first-order chi connectivity index (χ1) is 13.9. The van der Waals surface area contributed by atoms with Gasteiger partial charge in [-0.2, -0.15) is 15.8 Å². The monoisotopic (exact) mass is 386 g/mol. The maximum atomic E-state index is 10.2. The average Bonchev–Trinajstić information content (AvgIpc) is 2.73. The van der Waals surface area contributed by atoms with Crippen LogP contribution in [-0.2, 0) is 0 Å². The van der Waals surface area contributed by atoms with E-state index in [1.54, 1.807) is 0 Å². The third kappa shape index (κ3) is 3.26. The molecule has 0 spiro atoms. The molecule has 29 heavy (non-hydrogen) atoms. The van der Waals surface area contributed by atoms with Gasteiger partial charge in [-0.05, 0) is 50.2 Å². The molecule has 2 N–H and O–H groups in total. The average molecular weight is 386 g/mol. The third-order valence-electron chi connectivity index (χ3n) is 6.17. The van der Waals surface area contributed by atoms with Crippen LogP contribution in [0.1, 0.15) is 51.5 Å². The number of rotatable bonds is 4. The Kier molecular flexibility index (Phi) is 5.67. The minimum atomic E-state index is -1.61. The zero-order chi connectivity index (χ0) is 21.2. The van der Waals surface area contributed by atoms with Crippen LogP contribution in [0.3, 0.4) is 0 Å². The fourth-order valence-electron chi connectivity index (χ4n) is 4.74. The van der Waals surface area contributed by atoms with Gasteiger partial charge in [0, 0.05) is 11.5 Å². The molecule has 148 valence electrons. The topological polar surface area (TPSA) is 107 Å². The summed E-state index contributed by atoms with van der Waals surface area (Å²) in [6.45, 7) is 6.04. The highest BCUT2D eigenvalue weighted by molar-refractivity contribution is 5.60. The molecule has 2 aliphatic carbocycles. The summed E-state index contributed by atoms with van der Waals surface area (Å²) >= 11 is 0. The van der Waals surface area contributed by atoms with Gasteiger partial charge in [0.05, 0.1) is 29.5 Å². The van der Waals surface area contributed by atoms with Crippen molar-refractivity contribution in [3.8, 4) is 24.0 Å². The quantitative estimate of drug-likeness (QED) is 0.807. The Morgan fingerprint density at radius 1 is 1.21 bits per heavy atom. The lowest BCUT2D eigenvalue weighted by Gasteiger charge is -2.45. The van der Waals surface area contributed by atoms with E-state index >= 15 is 0 Å². The highest BCUT2D eigenvalue weighted by Gasteiger charge is 2.55. The molecule has 5 nitrogen and oxygen atoms in total. The number of fused-ring (bicyclic) bond motifs is 1. The Morgan fingerprint density at radius 2 is 1.90 bits per heavy atom. The maximum Gasteiger partial charge on any atom is 0.191 e. The second-order valence-electron chi connectivity index (χ2n) is 8.13. The largest absolute Gasteiger partial charge is 0.491 e. The first-order valence-electron chi connectivity index (χ1n) is 10.1. The Hall–Kier alpha value is -3.23. The number of ether oxygens (including phenoxy) is 1. The van der Waals surface area contributed by atoms with Gasteiger partial charge >= 0.3 is 0 Å². The van der Waals surface area contributed by atoms with Gasteiger partial charge in [-0.1, -0.05) is 37.6 Å². The number of nitriles is 3. The molecule has 0 saturated carbocycles. The lowest BCUT2D eigenvalue weighted by Crippen LogP contribution is -2.43. The van der Waals surface area contributed by atoms with Crippen LogP contribution in [0, 0.1) is 51.2 Å². The number of allylic oxidation sites excluding steroid dienone is 4. The van der Waals surface area contributed by atoms with Crippen molar-refractivity contribution in [2.24, 2.45) is 23.0 Å². The van der Waals surface area contributed by atoms with Crippen LogP contribution in [0.4, 0.5) is 0 Å². The second kappa shape index (κ2) is 8.02. The van der Waals surface area contributed by atoms with Crippen molar-refractivity contribution in [3.63, 3.8) is 0 Å². The second-order valence-corrected chi connectivity index (χ2v) is 8.13. The molecule has 1 aromatic rings. The molecule has 0 fully saturated rings. The van der Waals surface area contributed by atoms with Crippen molar-refractivity contribution < 1.29 is 4.74 Å². The maximum absolute atomic E-state index is 10.2. The van der Waals surface area contributed by atoms with E-state index in [-0.39, 0.29) is 17.7 Å². The van der Waals surface area contributed by atoms with Crippen LogP contribution >= 0.6 is 0 Å². The normalized spacial score (nSPS) is 25.3. The van der Waals surface area contributed by atoms with Crippen molar-refractivity contribution in [1.82, 2.24) is 0 Å². The number of benzene rings is 1. The number of nitrogens with two attached hydrogens (primary N) is 1. The first kappa shape index (κ1) is 20.5. The molecular weight excluding hydrogens is 360 g/mol. The Balaban J connectivity index is 2.32. The molecule has 0 bridgehead atoms. The summed E-state index contributed by atoms with van der Waals surface area (Å²) in [6.07, 6.45) is 4.73. The predicted octanol–water partition coefficient (Wildman–Crippen LogP) is 4.70. The van der Waals surface area contributed by atoms with Gasteiger partial charge in [-0.3, -0.25) is 0 Å². The zero-order valence-electron chi connectivity index (χ0n) is 17.1. The minimum Gasteiger partial charge on any atom is -0.491 e. The van der Waals surface area contributed by atoms with Crippen molar-refractivity contribution in [3.05, 3.63) is 52.7 Å². The summed E-state index contributed by atoms with van der Waals surface area (Å²) in [6, 6.07) is 14.2. The van der Waals surface area contributed by atoms with Gasteiger partial charge in [-0.15, -0.1) is 0 Å². The summed E-state index contributed by atoms with van der Waals surface area (Å²) in [7, 11) is 0. The lowest BCUT2D eigenvalue weighted by atomic mass is 9.55. The Morgan fingerprint density at radius 3 is 2.48 bits per heavy atom. The SMILES string of the molecule is CC[C@H]1CC=C2C(C#N)=C(N)C(C#N)(C#N)[C@@H](c3ccccc3OC(C)C)[C@@H]2C1. The molecule has 2 aliphatic rings. The Labute approximate surface area is 172 Å². The zero-order valence-corrected chi connectivity index (χ0v) is 17.1. The molecule has 5 heteroatoms. The van der Waals surface area contributed by atoms with E-state index in [0.717, 1.165) is 30.4 Å². The summed E-state index contributed by atoms with van der Waals surface area (Å²) in [4.78, 5) is 0. The molecule has 0 aromatic heterocycles. The third-order valence-corrected chi connectivity index (χ3v) is 6.17. The first-order valence-corrected chi connectivity index (χ1v) is 10.1. The van der Waals surface area contributed by atoms with Gasteiger partial charge < -0.3 is 10.5 Å². The van der Waals surface area contributed by atoms with Crippen molar-refractivity contribution in [1.29, 1.82) is 15.8 Å². The number of hydrogen-bond acceptors (Lipinski definition) is 5. The van der Waals surface area contributed by atoms with Crippen LogP contribution in [0.5, 0.6) is 5.75 Å². The van der Waals surface area contributed by atoms with Gasteiger partial charge in [-0.25, -0.2) is 0 Å². The summed E-state index contributed by atoms with van der Waals surface area (Å²) in [5, 5.41) is 30.2. The van der Waals surface area contributed by atoms with Crippen LogP contribution in [-0.4, -0.2) is 6.10 Å². The Bertz CT molecular complexity index is 969. The van der Waals surface area contributed by atoms with E-state index in [4.69, 9.17) is 10.5 Å². The number of para-hydroxylation sites is 1. The standard InChI is InChI=1S/C24H26N4O/c1-4-16-9-10-17-19(11-16)22(18-7-5-6-8-21(18)29-15(2)3)24(13-26,14-27)23(28)20(17)12-25/h5-8,10,15-16,19,22H,4,9,11,28H2,1-3H3/t16-,19+,22-/m0/s1. The summed E-state index contributed by atoms with van der Waals surface area (Å²) < 4.78 is 6.04. The fraction of sp³-hybridized carbons (Fsp3) is 0.458. The molecule has 0 aliphatic heterocycles. The molecule has 0 radical (unpaired) electrons. The molecule has 3 atom stereocenters. The van der Waals surface area contributed by atoms with Crippen LogP contribution in [0.25, 0.3) is 0 Å². The number of hydrogen-bond donors (Lipinski definition) is 1. The molecule has 1 aromatic carbocycles. The van der Waals surface area contributed by atoms with Gasteiger partial charge in [0.25, 0.3) is 0 Å². The van der Waals surface area contributed by atoms with Crippen molar-refractivity contribution in [2.75, 3.05) is 0 Å². The molecule has 0 unspecified atom stereocenters. The fourth-order valence-corrected chi connectivity index (χ4v) is 4.74. The molecule has 3 rings (SSSR count). The molecular formula is C24H26N4O. The molecule has 0 heterocycles. The molecule has 0 amide bonds. The van der Waals surface area contributed by atoms with Crippen LogP contribution < -0.4 is 10.5 Å². The van der Waals surface area contributed by atoms with Crippen LogP contribution in [0.2, 0.25) is 0 Å². The predicted molar refractivity (Wildman–Crippen MR) is 110 cm³/mol. The minimum absolute atomic E-state index is 0.0503. The van der Waals surface area contributed by atoms with Crippen molar-refractivity contribution >= 4 is 0 Å². The highest BCUT2D eigenvalue weighted by atomic mass is 16.5. The van der Waals surface area contributed by atoms with E-state index in [9.17, 15) is 15.8 Å². The lowest BCUT2D eigenvalue weighted by molar-refractivity contribution is 0.225. The smallest absolute Gasteiger partial charge is 0.191 e. The van der Waals surface area contributed by atoms with Crippen LogP contribution in [0.15, 0.2) is 47.2 Å². The van der Waals surface area contributed by atoms with Gasteiger partial charge in [0.15, 0.2) is 5.41 Å². The van der Waals surface area contributed by atoms with E-state index in [0.29, 0.717) is 17.2 Å². The van der Waals surface area contributed by atoms with Gasteiger partial charge in [0.1, 0.15) is 11.8 Å². The van der Waals surface area contributed by atoms with E-state index in [1.807, 2.05) is 38.1 Å². The van der Waals surface area contributed by atoms with E-state index < -0.39 is 11.3 Å². The van der Waals surface area contributed by atoms with Gasteiger partial charge in [0.2, 0.25) is 0 Å². The summed E-state index contributed by atoms with van der Waals surface area (Å²) in [5.41, 5.74) is 6.80. The van der Waals surface area contributed by atoms with Crippen molar-refractivity contribution in [2.45, 2.75) is 52.1 Å². The number of nitrogens with zero attached hydrogens (tertiary/aromatic N) is 3. The summed E-state index contributed by atoms with van der Waals surface area (Å²) in [5.74, 6) is 0.476. The van der Waals surface area contributed by atoms with E-state index in [2.05, 4.69) is 31.2 Å². The van der Waals surface area contributed by atoms with E-state index in [1.165, 1.54) is 0 Å². The molecule has 0 saturated heterocycles.